The number of esters is 1. The number of carbonyl (C=O) groups is 2. The predicted molar refractivity (Wildman–Crippen MR) is 122 cm³/mol. The minimum atomic E-state index is -0.841. The molecule has 1 N–H and O–H groups in total. The van der Waals surface area contributed by atoms with Gasteiger partial charge in [0, 0.05) is 23.9 Å². The van der Waals surface area contributed by atoms with Gasteiger partial charge in [0.2, 0.25) is 0 Å². The van der Waals surface area contributed by atoms with Crippen LogP contribution in [0, 0.1) is 13.8 Å². The molecule has 0 saturated carbocycles. The highest BCUT2D eigenvalue weighted by Crippen LogP contribution is 2.20. The van der Waals surface area contributed by atoms with Gasteiger partial charge in [-0.1, -0.05) is 29.8 Å². The largest absolute Gasteiger partial charge is 0.449 e. The third-order valence-electron chi connectivity index (χ3n) is 5.53. The Morgan fingerprint density at radius 3 is 2.71 bits per heavy atom. The average Bonchev–Trinajstić information content (AvgIpc) is 3.06. The highest BCUT2D eigenvalue weighted by Gasteiger charge is 2.17. The van der Waals surface area contributed by atoms with Gasteiger partial charge in [-0.2, -0.15) is 5.10 Å². The number of para-hydroxylation sites is 1. The predicted octanol–water partition coefficient (Wildman–Crippen LogP) is 4.44. The second-order valence-corrected chi connectivity index (χ2v) is 7.89. The Labute approximate surface area is 184 Å². The van der Waals surface area contributed by atoms with E-state index in [0.717, 1.165) is 41.9 Å². The van der Waals surface area contributed by atoms with E-state index >= 15 is 0 Å². The minimum Gasteiger partial charge on any atom is -0.449 e. The van der Waals surface area contributed by atoms with Gasteiger partial charge in [0.25, 0.3) is 5.91 Å². The molecule has 1 atom stereocenters. The summed E-state index contributed by atoms with van der Waals surface area (Å²) in [5, 5.41) is 7.42. The maximum absolute atomic E-state index is 12.2. The van der Waals surface area contributed by atoms with Crippen LogP contribution in [-0.2, 0) is 14.3 Å². The molecule has 1 heterocycles. The number of hydrogen-bond acceptors (Lipinski definition) is 4. The molecule has 0 spiro atoms. The number of allylic oxidation sites excluding steroid dienone is 1. The van der Waals surface area contributed by atoms with Crippen LogP contribution < -0.4 is 5.32 Å². The number of hydrogen-bond donors (Lipinski definition) is 1. The molecular weight excluding hydrogens is 390 g/mol. The van der Waals surface area contributed by atoms with Crippen LogP contribution in [-0.4, -0.2) is 34.3 Å². The summed E-state index contributed by atoms with van der Waals surface area (Å²) in [6.45, 7) is 6.01. The van der Waals surface area contributed by atoms with Crippen molar-refractivity contribution in [3.05, 3.63) is 65.0 Å². The lowest BCUT2D eigenvalue weighted by Gasteiger charge is -2.15. The molecule has 6 heteroatoms. The number of ether oxygens (including phenoxy) is 1. The molecule has 0 aliphatic heterocycles. The lowest BCUT2D eigenvalue weighted by molar-refractivity contribution is -0.150. The molecule has 31 heavy (non-hydrogen) atoms. The molecule has 2 aromatic rings. The smallest absolute Gasteiger partial charge is 0.331 e. The van der Waals surface area contributed by atoms with Crippen LogP contribution in [0.1, 0.15) is 56.0 Å². The molecule has 6 nitrogen and oxygen atoms in total. The Morgan fingerprint density at radius 2 is 2.00 bits per heavy atom. The van der Waals surface area contributed by atoms with Crippen molar-refractivity contribution >= 4 is 18.0 Å². The van der Waals surface area contributed by atoms with Crippen molar-refractivity contribution in [2.75, 3.05) is 6.54 Å². The zero-order valence-electron chi connectivity index (χ0n) is 18.6. The number of rotatable bonds is 8. The highest BCUT2D eigenvalue weighted by molar-refractivity contribution is 5.90. The van der Waals surface area contributed by atoms with Gasteiger partial charge in [-0.25, -0.2) is 9.48 Å². The quantitative estimate of drug-likeness (QED) is 0.388. The summed E-state index contributed by atoms with van der Waals surface area (Å²) < 4.78 is 7.11. The van der Waals surface area contributed by atoms with Gasteiger partial charge in [0.05, 0.1) is 11.4 Å². The first-order valence-electron chi connectivity index (χ1n) is 10.9. The van der Waals surface area contributed by atoms with Gasteiger partial charge in [-0.15, -0.1) is 0 Å². The fourth-order valence-electron chi connectivity index (χ4n) is 3.76. The number of aryl methyl sites for hydroxylation is 1. The van der Waals surface area contributed by atoms with Crippen molar-refractivity contribution in [1.29, 1.82) is 0 Å². The Bertz CT molecular complexity index is 973. The van der Waals surface area contributed by atoms with Gasteiger partial charge in [0.1, 0.15) is 0 Å². The molecule has 164 valence electrons. The highest BCUT2D eigenvalue weighted by atomic mass is 16.5. The molecule has 1 aliphatic carbocycles. The maximum Gasteiger partial charge on any atom is 0.331 e. The number of nitrogens with one attached hydrogen (secondary N) is 1. The summed E-state index contributed by atoms with van der Waals surface area (Å²) in [6.07, 6.45) is 10.1. The van der Waals surface area contributed by atoms with E-state index in [-0.39, 0.29) is 5.91 Å². The summed E-state index contributed by atoms with van der Waals surface area (Å²) in [6, 6.07) is 9.82. The van der Waals surface area contributed by atoms with Crippen LogP contribution in [0.25, 0.3) is 11.8 Å². The third-order valence-corrected chi connectivity index (χ3v) is 5.53. The Kier molecular flexibility index (Phi) is 7.82. The summed E-state index contributed by atoms with van der Waals surface area (Å²) >= 11 is 0. The van der Waals surface area contributed by atoms with E-state index in [0.29, 0.717) is 6.54 Å². The van der Waals surface area contributed by atoms with Crippen molar-refractivity contribution in [2.45, 2.75) is 59.0 Å². The molecule has 1 aromatic carbocycles. The lowest BCUT2D eigenvalue weighted by atomic mass is 9.97. The van der Waals surface area contributed by atoms with E-state index in [2.05, 4.69) is 16.5 Å². The number of amides is 1. The number of nitrogens with zero attached hydrogens (tertiary/aromatic N) is 2. The molecule has 1 amide bonds. The monoisotopic (exact) mass is 421 g/mol. The van der Waals surface area contributed by atoms with Crippen molar-refractivity contribution in [2.24, 2.45) is 0 Å². The number of aromatic nitrogens is 2. The van der Waals surface area contributed by atoms with Crippen molar-refractivity contribution < 1.29 is 14.3 Å². The standard InChI is InChI=1S/C25H31N3O3/c1-18-23(19(2)28(27-18)22-12-8-5-9-13-22)14-15-24(29)31-20(3)25(30)26-17-16-21-10-6-4-7-11-21/h5,8-10,12-15,20H,4,6-7,11,16-17H2,1-3H3,(H,26,30)/b15-14+/t20-/m0/s1. The van der Waals surface area contributed by atoms with Gasteiger partial charge in [-0.3, -0.25) is 4.79 Å². The Morgan fingerprint density at radius 1 is 1.23 bits per heavy atom. The molecule has 0 bridgehead atoms. The van der Waals surface area contributed by atoms with Gasteiger partial charge in [-0.05, 0) is 71.1 Å². The van der Waals surface area contributed by atoms with E-state index in [4.69, 9.17) is 4.74 Å². The SMILES string of the molecule is Cc1nn(-c2ccccc2)c(C)c1/C=C/C(=O)O[C@@H](C)C(=O)NCCC1=CCCCC1. The normalized spacial score (nSPS) is 14.9. The van der Waals surface area contributed by atoms with E-state index in [1.165, 1.54) is 24.5 Å². The second kappa shape index (κ2) is 10.8. The molecule has 0 fully saturated rings. The van der Waals surface area contributed by atoms with E-state index < -0.39 is 12.1 Å². The first kappa shape index (κ1) is 22.5. The molecule has 0 saturated heterocycles. The van der Waals surface area contributed by atoms with E-state index in [1.807, 2.05) is 48.9 Å². The number of benzene rings is 1. The Balaban J connectivity index is 1.52. The number of carbonyl (C=O) groups excluding carboxylic acids is 2. The average molecular weight is 422 g/mol. The van der Waals surface area contributed by atoms with E-state index in [9.17, 15) is 9.59 Å². The van der Waals surface area contributed by atoms with Crippen LogP contribution in [0.5, 0.6) is 0 Å². The third kappa shape index (κ3) is 6.17. The minimum absolute atomic E-state index is 0.276. The summed E-state index contributed by atoms with van der Waals surface area (Å²) in [5.74, 6) is -0.827. The fraction of sp³-hybridized carbons (Fsp3) is 0.400. The summed E-state index contributed by atoms with van der Waals surface area (Å²) in [5.41, 5.74) is 4.96. The van der Waals surface area contributed by atoms with Crippen LogP contribution in [0.15, 0.2) is 48.1 Å². The molecule has 1 aromatic heterocycles. The molecule has 0 radical (unpaired) electrons. The van der Waals surface area contributed by atoms with E-state index in [1.54, 1.807) is 13.0 Å². The first-order chi connectivity index (χ1) is 15.0. The van der Waals surface area contributed by atoms with Crippen LogP contribution in [0.2, 0.25) is 0 Å². The Hall–Kier alpha value is -3.15. The zero-order chi connectivity index (χ0) is 22.2. The second-order valence-electron chi connectivity index (χ2n) is 7.89. The first-order valence-corrected chi connectivity index (χ1v) is 10.9. The summed E-state index contributed by atoms with van der Waals surface area (Å²) in [4.78, 5) is 24.4. The summed E-state index contributed by atoms with van der Waals surface area (Å²) in [7, 11) is 0. The van der Waals surface area contributed by atoms with Gasteiger partial charge < -0.3 is 10.1 Å². The zero-order valence-corrected chi connectivity index (χ0v) is 18.6. The lowest BCUT2D eigenvalue weighted by Crippen LogP contribution is -2.36. The van der Waals surface area contributed by atoms with Crippen molar-refractivity contribution in [3.8, 4) is 5.69 Å². The molecule has 0 unspecified atom stereocenters. The molecular formula is C25H31N3O3. The molecule has 3 rings (SSSR count). The van der Waals surface area contributed by atoms with Crippen molar-refractivity contribution in [1.82, 2.24) is 15.1 Å². The van der Waals surface area contributed by atoms with Crippen molar-refractivity contribution in [3.63, 3.8) is 0 Å². The fourth-order valence-corrected chi connectivity index (χ4v) is 3.76. The topological polar surface area (TPSA) is 73.2 Å². The van der Waals surface area contributed by atoms with Gasteiger partial charge >= 0.3 is 5.97 Å². The van der Waals surface area contributed by atoms with Crippen LogP contribution >= 0.6 is 0 Å². The van der Waals surface area contributed by atoms with Crippen LogP contribution in [0.4, 0.5) is 0 Å². The maximum atomic E-state index is 12.2. The molecule has 1 aliphatic rings. The van der Waals surface area contributed by atoms with Gasteiger partial charge in [0.15, 0.2) is 6.10 Å². The van der Waals surface area contributed by atoms with Crippen LogP contribution in [0.3, 0.4) is 0 Å².